The fourth-order valence-corrected chi connectivity index (χ4v) is 2.98. The molecular formula is C18H25N3O3. The number of nitrogens with zero attached hydrogens (tertiary/aromatic N) is 1. The zero-order valence-corrected chi connectivity index (χ0v) is 14.7. The molecule has 1 aliphatic rings. The molecule has 0 radical (unpaired) electrons. The van der Waals surface area contributed by atoms with Gasteiger partial charge >= 0.3 is 6.03 Å². The Morgan fingerprint density at radius 3 is 2.38 bits per heavy atom. The van der Waals surface area contributed by atoms with Crippen molar-refractivity contribution in [2.45, 2.75) is 51.6 Å². The van der Waals surface area contributed by atoms with Gasteiger partial charge in [0.15, 0.2) is 0 Å². The first-order valence-corrected chi connectivity index (χ1v) is 8.20. The predicted molar refractivity (Wildman–Crippen MR) is 91.2 cm³/mol. The molecule has 2 rings (SSSR count). The molecule has 0 aromatic heterocycles. The molecule has 2 N–H and O–H groups in total. The first-order valence-electron chi connectivity index (χ1n) is 8.20. The molecule has 0 bridgehead atoms. The highest BCUT2D eigenvalue weighted by Gasteiger charge is 2.52. The van der Waals surface area contributed by atoms with Gasteiger partial charge in [-0.2, -0.15) is 0 Å². The normalized spacial score (nSPS) is 20.9. The maximum Gasteiger partial charge on any atom is 0.325 e. The topological polar surface area (TPSA) is 78.5 Å². The molecule has 1 atom stereocenters. The molecule has 0 unspecified atom stereocenters. The van der Waals surface area contributed by atoms with Gasteiger partial charge in [-0.3, -0.25) is 14.5 Å². The summed E-state index contributed by atoms with van der Waals surface area (Å²) in [6.07, 6.45) is 1.21. The second-order valence-electron chi connectivity index (χ2n) is 7.14. The second-order valence-corrected chi connectivity index (χ2v) is 7.14. The van der Waals surface area contributed by atoms with Gasteiger partial charge in [-0.15, -0.1) is 0 Å². The monoisotopic (exact) mass is 331 g/mol. The minimum Gasteiger partial charge on any atom is -0.350 e. The van der Waals surface area contributed by atoms with Crippen LogP contribution in [0.3, 0.4) is 0 Å². The van der Waals surface area contributed by atoms with E-state index in [1.54, 1.807) is 0 Å². The van der Waals surface area contributed by atoms with Crippen LogP contribution in [0.4, 0.5) is 4.79 Å². The van der Waals surface area contributed by atoms with Crippen LogP contribution in [0, 0.1) is 0 Å². The lowest BCUT2D eigenvalue weighted by Crippen LogP contribution is -2.48. The SMILES string of the molecule is CCC[C@@]1(c2ccccc2)NC(=O)N(CC(=O)NC(C)(C)C)C1=O. The lowest BCUT2D eigenvalue weighted by molar-refractivity contribution is -0.135. The van der Waals surface area contributed by atoms with Crippen molar-refractivity contribution in [3.05, 3.63) is 35.9 Å². The summed E-state index contributed by atoms with van der Waals surface area (Å²) in [4.78, 5) is 38.5. The Kier molecular flexibility index (Phi) is 4.96. The summed E-state index contributed by atoms with van der Waals surface area (Å²) in [5, 5.41) is 5.58. The van der Waals surface area contributed by atoms with Gasteiger partial charge in [0.25, 0.3) is 5.91 Å². The van der Waals surface area contributed by atoms with Gasteiger partial charge in [0.1, 0.15) is 12.1 Å². The van der Waals surface area contributed by atoms with E-state index < -0.39 is 17.1 Å². The Bertz CT molecular complexity index is 637. The van der Waals surface area contributed by atoms with E-state index in [9.17, 15) is 14.4 Å². The Balaban J connectivity index is 2.27. The number of carbonyl (C=O) groups excluding carboxylic acids is 3. The van der Waals surface area contributed by atoms with Crippen LogP contribution < -0.4 is 10.6 Å². The van der Waals surface area contributed by atoms with Crippen molar-refractivity contribution in [1.29, 1.82) is 0 Å². The van der Waals surface area contributed by atoms with E-state index >= 15 is 0 Å². The molecule has 1 aliphatic heterocycles. The van der Waals surface area contributed by atoms with Crippen molar-refractivity contribution in [2.24, 2.45) is 0 Å². The van der Waals surface area contributed by atoms with Crippen molar-refractivity contribution in [3.63, 3.8) is 0 Å². The molecule has 4 amide bonds. The van der Waals surface area contributed by atoms with Crippen LogP contribution in [0.2, 0.25) is 0 Å². The molecule has 6 nitrogen and oxygen atoms in total. The van der Waals surface area contributed by atoms with Crippen molar-refractivity contribution < 1.29 is 14.4 Å². The van der Waals surface area contributed by atoms with Gasteiger partial charge in [0.2, 0.25) is 5.91 Å². The molecule has 1 aromatic rings. The van der Waals surface area contributed by atoms with E-state index in [1.807, 2.05) is 58.0 Å². The maximum absolute atomic E-state index is 13.0. The summed E-state index contributed by atoms with van der Waals surface area (Å²) in [7, 11) is 0. The minimum atomic E-state index is -1.09. The predicted octanol–water partition coefficient (Wildman–Crippen LogP) is 2.15. The summed E-state index contributed by atoms with van der Waals surface area (Å²) in [5.74, 6) is -0.726. The van der Waals surface area contributed by atoms with Gasteiger partial charge in [0.05, 0.1) is 0 Å². The number of urea groups is 1. The zero-order chi connectivity index (χ0) is 18.0. The number of imide groups is 1. The summed E-state index contributed by atoms with van der Waals surface area (Å²) in [5.41, 5.74) is -0.769. The van der Waals surface area contributed by atoms with Crippen molar-refractivity contribution >= 4 is 17.8 Å². The highest BCUT2D eigenvalue weighted by molar-refractivity contribution is 6.09. The third-order valence-corrected chi connectivity index (χ3v) is 3.88. The van der Waals surface area contributed by atoms with Crippen LogP contribution in [0.1, 0.15) is 46.1 Å². The van der Waals surface area contributed by atoms with Gasteiger partial charge in [0, 0.05) is 5.54 Å². The molecule has 130 valence electrons. The molecule has 6 heteroatoms. The molecule has 1 heterocycles. The Labute approximate surface area is 142 Å². The molecule has 0 aliphatic carbocycles. The third kappa shape index (κ3) is 3.58. The summed E-state index contributed by atoms with van der Waals surface area (Å²) >= 11 is 0. The number of benzene rings is 1. The number of hydrogen-bond acceptors (Lipinski definition) is 3. The van der Waals surface area contributed by atoms with Crippen LogP contribution in [0.15, 0.2) is 30.3 Å². The third-order valence-electron chi connectivity index (χ3n) is 3.88. The van der Waals surface area contributed by atoms with Gasteiger partial charge in [-0.05, 0) is 32.8 Å². The second kappa shape index (κ2) is 6.63. The highest BCUT2D eigenvalue weighted by Crippen LogP contribution is 2.33. The molecule has 0 spiro atoms. The van der Waals surface area contributed by atoms with Crippen LogP contribution in [-0.4, -0.2) is 34.8 Å². The molecule has 1 fully saturated rings. The van der Waals surface area contributed by atoms with Gasteiger partial charge in [-0.25, -0.2) is 4.79 Å². The summed E-state index contributed by atoms with van der Waals surface area (Å²) in [6, 6.07) is 8.65. The largest absolute Gasteiger partial charge is 0.350 e. The van der Waals surface area contributed by atoms with Crippen LogP contribution in [0.5, 0.6) is 0 Å². The number of carbonyl (C=O) groups is 3. The van der Waals surface area contributed by atoms with Crippen LogP contribution in [-0.2, 0) is 15.1 Å². The van der Waals surface area contributed by atoms with E-state index in [1.165, 1.54) is 0 Å². The van der Waals surface area contributed by atoms with E-state index in [0.29, 0.717) is 6.42 Å². The molecule has 0 saturated carbocycles. The number of amides is 4. The van der Waals surface area contributed by atoms with Crippen molar-refractivity contribution in [2.75, 3.05) is 6.54 Å². The average molecular weight is 331 g/mol. The van der Waals surface area contributed by atoms with Crippen LogP contribution in [0.25, 0.3) is 0 Å². The molecule has 24 heavy (non-hydrogen) atoms. The van der Waals surface area contributed by atoms with Crippen molar-refractivity contribution in [1.82, 2.24) is 15.5 Å². The fraction of sp³-hybridized carbons (Fsp3) is 0.500. The smallest absolute Gasteiger partial charge is 0.325 e. The Hall–Kier alpha value is -2.37. The summed E-state index contributed by atoms with van der Waals surface area (Å²) in [6.45, 7) is 7.23. The lowest BCUT2D eigenvalue weighted by atomic mass is 9.85. The molecular weight excluding hydrogens is 306 g/mol. The Morgan fingerprint density at radius 2 is 1.83 bits per heavy atom. The quantitative estimate of drug-likeness (QED) is 0.812. The highest BCUT2D eigenvalue weighted by atomic mass is 16.2. The van der Waals surface area contributed by atoms with Crippen molar-refractivity contribution in [3.8, 4) is 0 Å². The first-order chi connectivity index (χ1) is 11.2. The summed E-state index contributed by atoms with van der Waals surface area (Å²) < 4.78 is 0. The van der Waals surface area contributed by atoms with E-state index in [0.717, 1.165) is 16.9 Å². The number of nitrogens with one attached hydrogen (secondary N) is 2. The van der Waals surface area contributed by atoms with Gasteiger partial charge < -0.3 is 10.6 Å². The van der Waals surface area contributed by atoms with Crippen LogP contribution >= 0.6 is 0 Å². The standard InChI is InChI=1S/C18H25N3O3/c1-5-11-18(13-9-7-6-8-10-13)15(23)21(16(24)20-18)12-14(22)19-17(2,3)4/h6-10H,5,11-12H2,1-4H3,(H,19,22)(H,20,24)/t18-/m0/s1. The van der Waals surface area contributed by atoms with E-state index in [-0.39, 0.29) is 18.4 Å². The first kappa shape index (κ1) is 18.0. The molecule has 1 saturated heterocycles. The maximum atomic E-state index is 13.0. The lowest BCUT2D eigenvalue weighted by Gasteiger charge is -2.27. The number of rotatable bonds is 5. The molecule has 1 aromatic carbocycles. The minimum absolute atomic E-state index is 0.278. The average Bonchev–Trinajstić information content (AvgIpc) is 2.72. The van der Waals surface area contributed by atoms with E-state index in [4.69, 9.17) is 0 Å². The fourth-order valence-electron chi connectivity index (χ4n) is 2.98. The van der Waals surface area contributed by atoms with Gasteiger partial charge in [-0.1, -0.05) is 43.7 Å². The Morgan fingerprint density at radius 1 is 1.21 bits per heavy atom. The number of hydrogen-bond donors (Lipinski definition) is 2. The zero-order valence-electron chi connectivity index (χ0n) is 14.7. The van der Waals surface area contributed by atoms with E-state index in [2.05, 4.69) is 10.6 Å².